The number of benzene rings is 1. The van der Waals surface area contributed by atoms with Gasteiger partial charge in [-0.05, 0) is 28.7 Å². The van der Waals surface area contributed by atoms with Crippen LogP contribution in [0.25, 0.3) is 0 Å². The molecule has 0 radical (unpaired) electrons. The largest absolute Gasteiger partial charge is 0.505 e. The van der Waals surface area contributed by atoms with Crippen LogP contribution in [0.15, 0.2) is 29.2 Å². The lowest BCUT2D eigenvalue weighted by molar-refractivity contribution is 0.502. The molecule has 106 valence electrons. The van der Waals surface area contributed by atoms with Crippen molar-refractivity contribution in [2.24, 2.45) is 0 Å². The molecule has 5 heteroatoms. The van der Waals surface area contributed by atoms with E-state index >= 15 is 0 Å². The second-order valence-electron chi connectivity index (χ2n) is 4.58. The summed E-state index contributed by atoms with van der Waals surface area (Å²) in [6.45, 7) is 2.16. The minimum absolute atomic E-state index is 0.286. The summed E-state index contributed by atoms with van der Waals surface area (Å²) in [5.41, 5.74) is 1.02. The van der Waals surface area contributed by atoms with E-state index in [0.717, 1.165) is 29.1 Å². The second kappa shape index (κ2) is 9.35. The van der Waals surface area contributed by atoms with E-state index in [1.165, 1.54) is 12.8 Å². The molecule has 2 unspecified atom stereocenters. The average Bonchev–Trinajstić information content (AvgIpc) is 2.41. The van der Waals surface area contributed by atoms with Gasteiger partial charge in [0.05, 0.1) is 10.8 Å². The zero-order valence-electron chi connectivity index (χ0n) is 11.4. The van der Waals surface area contributed by atoms with Crippen LogP contribution < -0.4 is 0 Å². The highest BCUT2D eigenvalue weighted by molar-refractivity contribution is 7.85. The summed E-state index contributed by atoms with van der Waals surface area (Å²) in [5.74, 6) is 0.724. The first-order valence-corrected chi connectivity index (χ1v) is 9.46. The van der Waals surface area contributed by atoms with Gasteiger partial charge in [0.25, 0.3) is 0 Å². The van der Waals surface area contributed by atoms with Gasteiger partial charge in [0, 0.05) is 17.1 Å². The van der Waals surface area contributed by atoms with E-state index in [9.17, 15) is 8.77 Å². The lowest BCUT2D eigenvalue weighted by Crippen LogP contribution is -1.99. The molecule has 0 spiro atoms. The summed E-state index contributed by atoms with van der Waals surface area (Å²) >= 11 is 0. The van der Waals surface area contributed by atoms with Crippen LogP contribution in [0.2, 0.25) is 0 Å². The van der Waals surface area contributed by atoms with E-state index in [-0.39, 0.29) is 6.16 Å². The zero-order valence-corrected chi connectivity index (χ0v) is 13.1. The normalized spacial score (nSPS) is 13.3. The third-order valence-electron chi connectivity index (χ3n) is 2.96. The molecule has 19 heavy (non-hydrogen) atoms. The standard InChI is InChI=1S/C14H21O3PS/c1-2-3-4-5-12-19(17)14-8-6-13(7-9-14)10-11-18(15)16/h6-9H,2-5,10-12H2,1H3/p+1. The predicted molar refractivity (Wildman–Crippen MR) is 80.3 cm³/mol. The molecule has 0 aliphatic heterocycles. The smallest absolute Gasteiger partial charge is 0.254 e. The highest BCUT2D eigenvalue weighted by Gasteiger charge is 2.10. The van der Waals surface area contributed by atoms with Gasteiger partial charge >= 0.3 is 8.03 Å². The van der Waals surface area contributed by atoms with Gasteiger partial charge in [0.1, 0.15) is 0 Å². The monoisotopic (exact) mass is 301 g/mol. The Morgan fingerprint density at radius 1 is 1.16 bits per heavy atom. The summed E-state index contributed by atoms with van der Waals surface area (Å²) in [5, 5.41) is 0. The first kappa shape index (κ1) is 16.5. The molecule has 0 aliphatic carbocycles. The molecule has 0 saturated heterocycles. The van der Waals surface area contributed by atoms with Crippen LogP contribution in [0, 0.1) is 0 Å². The second-order valence-corrected chi connectivity index (χ2v) is 7.30. The van der Waals surface area contributed by atoms with E-state index in [0.29, 0.717) is 6.42 Å². The molecular weight excluding hydrogens is 279 g/mol. The molecule has 0 fully saturated rings. The summed E-state index contributed by atoms with van der Waals surface area (Å²) < 4.78 is 22.6. The van der Waals surface area contributed by atoms with E-state index < -0.39 is 18.8 Å². The Labute approximate surface area is 118 Å². The van der Waals surface area contributed by atoms with E-state index in [4.69, 9.17) is 4.89 Å². The SMILES string of the molecule is CCCCCCS(=O)c1ccc(CC[P+](=O)O)cc1. The first-order chi connectivity index (χ1) is 9.13. The highest BCUT2D eigenvalue weighted by Crippen LogP contribution is 2.17. The maximum absolute atomic E-state index is 12.0. The Hall–Kier alpha value is -0.570. The maximum atomic E-state index is 12.0. The summed E-state index contributed by atoms with van der Waals surface area (Å²) in [4.78, 5) is 9.61. The molecule has 0 bridgehead atoms. The minimum atomic E-state index is -2.07. The molecule has 1 rings (SSSR count). The molecule has 2 atom stereocenters. The number of hydrogen-bond acceptors (Lipinski definition) is 2. The topological polar surface area (TPSA) is 54.4 Å². The van der Waals surface area contributed by atoms with Crippen LogP contribution in [0.5, 0.6) is 0 Å². The molecule has 1 N–H and O–H groups in total. The van der Waals surface area contributed by atoms with Crippen molar-refractivity contribution < 1.29 is 13.7 Å². The van der Waals surface area contributed by atoms with Crippen LogP contribution in [0.3, 0.4) is 0 Å². The van der Waals surface area contributed by atoms with Crippen molar-refractivity contribution in [1.82, 2.24) is 0 Å². The fraction of sp³-hybridized carbons (Fsp3) is 0.571. The third-order valence-corrected chi connectivity index (χ3v) is 5.02. The van der Waals surface area contributed by atoms with Gasteiger partial charge in [-0.2, -0.15) is 4.89 Å². The quantitative estimate of drug-likeness (QED) is 0.559. The Bertz CT molecular complexity index is 417. The molecule has 3 nitrogen and oxygen atoms in total. The third kappa shape index (κ3) is 6.95. The van der Waals surface area contributed by atoms with Crippen molar-refractivity contribution in [2.45, 2.75) is 43.9 Å². The summed E-state index contributed by atoms with van der Waals surface area (Å²) in [6.07, 6.45) is 5.42. The van der Waals surface area contributed by atoms with Gasteiger partial charge in [-0.25, -0.2) is 0 Å². The van der Waals surface area contributed by atoms with Crippen LogP contribution in [0.1, 0.15) is 38.2 Å². The van der Waals surface area contributed by atoms with Gasteiger partial charge in [-0.3, -0.25) is 4.21 Å². The van der Waals surface area contributed by atoms with Crippen LogP contribution in [-0.2, 0) is 21.8 Å². The zero-order chi connectivity index (χ0) is 14.1. The molecule has 0 saturated carbocycles. The Kier molecular flexibility index (Phi) is 8.11. The minimum Gasteiger partial charge on any atom is -0.254 e. The van der Waals surface area contributed by atoms with Crippen molar-refractivity contribution in [3.05, 3.63) is 29.8 Å². The molecule has 0 amide bonds. The van der Waals surface area contributed by atoms with Crippen LogP contribution in [0.4, 0.5) is 0 Å². The maximum Gasteiger partial charge on any atom is 0.505 e. The summed E-state index contributed by atoms with van der Waals surface area (Å²) in [6, 6.07) is 7.54. The van der Waals surface area contributed by atoms with E-state index in [2.05, 4.69) is 6.92 Å². The Morgan fingerprint density at radius 3 is 2.42 bits per heavy atom. The van der Waals surface area contributed by atoms with Crippen molar-refractivity contribution >= 4 is 18.8 Å². The lowest BCUT2D eigenvalue weighted by atomic mass is 10.2. The van der Waals surface area contributed by atoms with Gasteiger partial charge in [-0.15, -0.1) is 0 Å². The Balaban J connectivity index is 2.42. The molecule has 0 aromatic heterocycles. The Morgan fingerprint density at radius 2 is 1.84 bits per heavy atom. The average molecular weight is 301 g/mol. The van der Waals surface area contributed by atoms with Gasteiger partial charge in [0.2, 0.25) is 0 Å². The van der Waals surface area contributed by atoms with Gasteiger partial charge < -0.3 is 0 Å². The van der Waals surface area contributed by atoms with Crippen molar-refractivity contribution in [1.29, 1.82) is 0 Å². The van der Waals surface area contributed by atoms with Crippen molar-refractivity contribution in [2.75, 3.05) is 11.9 Å². The lowest BCUT2D eigenvalue weighted by Gasteiger charge is -2.03. The first-order valence-electron chi connectivity index (χ1n) is 6.74. The van der Waals surface area contributed by atoms with E-state index in [1.54, 1.807) is 0 Å². The highest BCUT2D eigenvalue weighted by atomic mass is 32.2. The molecular formula is C14H22O3PS+. The number of rotatable bonds is 9. The van der Waals surface area contributed by atoms with Crippen molar-refractivity contribution in [3.8, 4) is 0 Å². The van der Waals surface area contributed by atoms with Gasteiger partial charge in [-0.1, -0.05) is 38.3 Å². The summed E-state index contributed by atoms with van der Waals surface area (Å²) in [7, 11) is -2.98. The molecule has 0 aliphatic rings. The fourth-order valence-corrected chi connectivity index (χ4v) is 3.40. The fourth-order valence-electron chi connectivity index (χ4n) is 1.81. The van der Waals surface area contributed by atoms with E-state index in [1.807, 2.05) is 24.3 Å². The number of aryl methyl sites for hydroxylation is 1. The predicted octanol–water partition coefficient (Wildman–Crippen LogP) is 3.65. The molecule has 1 aromatic carbocycles. The molecule has 1 aromatic rings. The number of hydrogen-bond donors (Lipinski definition) is 1. The van der Waals surface area contributed by atoms with Crippen LogP contribution >= 0.6 is 8.03 Å². The van der Waals surface area contributed by atoms with Crippen molar-refractivity contribution in [3.63, 3.8) is 0 Å². The number of unbranched alkanes of at least 4 members (excludes halogenated alkanes) is 3. The molecule has 0 heterocycles. The van der Waals surface area contributed by atoms with Crippen LogP contribution in [-0.4, -0.2) is 21.0 Å². The van der Waals surface area contributed by atoms with Gasteiger partial charge in [0.15, 0.2) is 6.16 Å².